The van der Waals surface area contributed by atoms with Gasteiger partial charge in [0, 0.05) is 20.3 Å². The molecule has 1 atom stereocenters. The molecule has 1 fully saturated rings. The van der Waals surface area contributed by atoms with Gasteiger partial charge in [-0.2, -0.15) is 4.98 Å². The van der Waals surface area contributed by atoms with E-state index in [2.05, 4.69) is 10.1 Å². The van der Waals surface area contributed by atoms with Crippen LogP contribution in [0.3, 0.4) is 0 Å². The fourth-order valence-electron chi connectivity index (χ4n) is 2.97. The van der Waals surface area contributed by atoms with Gasteiger partial charge < -0.3 is 19.7 Å². The highest BCUT2D eigenvalue weighted by atomic mass is 16.5. The number of aromatic nitrogens is 2. The fourth-order valence-corrected chi connectivity index (χ4v) is 2.97. The molecule has 1 heterocycles. The summed E-state index contributed by atoms with van der Waals surface area (Å²) in [5.41, 5.74) is 5.73. The normalized spacial score (nSPS) is 19.6. The van der Waals surface area contributed by atoms with Crippen molar-refractivity contribution in [3.05, 3.63) is 11.7 Å². The van der Waals surface area contributed by atoms with Gasteiger partial charge in [-0.1, -0.05) is 24.4 Å². The summed E-state index contributed by atoms with van der Waals surface area (Å²) in [4.78, 5) is 4.53. The number of nitrogens with zero attached hydrogens (tertiary/aromatic N) is 2. The molecule has 0 saturated heterocycles. The van der Waals surface area contributed by atoms with Crippen LogP contribution in [0.25, 0.3) is 0 Å². The van der Waals surface area contributed by atoms with Crippen LogP contribution in [-0.2, 0) is 15.1 Å². The fraction of sp³-hybridized carbons (Fsp3) is 0.867. The molecule has 0 amide bonds. The van der Waals surface area contributed by atoms with Gasteiger partial charge in [-0.3, -0.25) is 0 Å². The van der Waals surface area contributed by atoms with Crippen LogP contribution in [0, 0.1) is 0 Å². The van der Waals surface area contributed by atoms with Crippen LogP contribution in [0.15, 0.2) is 4.52 Å². The molecular formula is C15H27N3O3. The molecule has 0 aliphatic heterocycles. The largest absolute Gasteiger partial charge is 0.385 e. The van der Waals surface area contributed by atoms with Gasteiger partial charge in [-0.05, 0) is 32.6 Å². The zero-order valence-electron chi connectivity index (χ0n) is 13.1. The van der Waals surface area contributed by atoms with Crippen LogP contribution in [0.2, 0.25) is 0 Å². The molecule has 1 unspecified atom stereocenters. The minimum Gasteiger partial charge on any atom is -0.385 e. The van der Waals surface area contributed by atoms with E-state index in [0.29, 0.717) is 24.9 Å². The predicted molar refractivity (Wildman–Crippen MR) is 78.7 cm³/mol. The monoisotopic (exact) mass is 297 g/mol. The van der Waals surface area contributed by atoms with Gasteiger partial charge in [-0.15, -0.1) is 0 Å². The number of nitrogens with two attached hydrogens (primary N) is 1. The van der Waals surface area contributed by atoms with Crippen LogP contribution in [0.1, 0.15) is 69.6 Å². The Hall–Kier alpha value is -0.980. The summed E-state index contributed by atoms with van der Waals surface area (Å²) in [6.07, 6.45) is 7.10. The molecule has 2 rings (SSSR count). The highest BCUT2D eigenvalue weighted by Gasteiger charge is 2.39. The van der Waals surface area contributed by atoms with Crippen LogP contribution >= 0.6 is 0 Å². The van der Waals surface area contributed by atoms with Crippen molar-refractivity contribution >= 4 is 0 Å². The zero-order valence-corrected chi connectivity index (χ0v) is 13.1. The molecular weight excluding hydrogens is 270 g/mol. The summed E-state index contributed by atoms with van der Waals surface area (Å²) in [5.74, 6) is 1.17. The van der Waals surface area contributed by atoms with Crippen molar-refractivity contribution in [1.29, 1.82) is 0 Å². The number of ether oxygens (including phenoxy) is 2. The molecule has 21 heavy (non-hydrogen) atoms. The molecule has 0 aromatic carbocycles. The lowest BCUT2D eigenvalue weighted by atomic mass is 9.84. The molecule has 6 heteroatoms. The van der Waals surface area contributed by atoms with Crippen molar-refractivity contribution in [2.24, 2.45) is 5.73 Å². The smallest absolute Gasteiger partial charge is 0.243 e. The number of rotatable bonds is 8. The molecule has 1 aliphatic carbocycles. The average molecular weight is 297 g/mol. The summed E-state index contributed by atoms with van der Waals surface area (Å²) in [7, 11) is 1.69. The van der Waals surface area contributed by atoms with Crippen molar-refractivity contribution < 1.29 is 14.0 Å². The summed E-state index contributed by atoms with van der Waals surface area (Å²) in [6.45, 7) is 3.36. The Morgan fingerprint density at radius 2 is 2.10 bits per heavy atom. The lowest BCUT2D eigenvalue weighted by molar-refractivity contribution is -0.0777. The maximum atomic E-state index is 6.10. The predicted octanol–water partition coefficient (Wildman–Crippen LogP) is 2.69. The van der Waals surface area contributed by atoms with Crippen molar-refractivity contribution in [1.82, 2.24) is 10.1 Å². The topological polar surface area (TPSA) is 83.4 Å². The number of hydrogen-bond acceptors (Lipinski definition) is 6. The first-order valence-corrected chi connectivity index (χ1v) is 7.94. The van der Waals surface area contributed by atoms with Gasteiger partial charge in [-0.25, -0.2) is 0 Å². The third-order valence-electron chi connectivity index (χ3n) is 4.11. The van der Waals surface area contributed by atoms with E-state index in [9.17, 15) is 0 Å². The van der Waals surface area contributed by atoms with E-state index in [4.69, 9.17) is 19.7 Å². The highest BCUT2D eigenvalue weighted by molar-refractivity contribution is 5.04. The highest BCUT2D eigenvalue weighted by Crippen LogP contribution is 2.39. The Bertz CT molecular complexity index is 411. The summed E-state index contributed by atoms with van der Waals surface area (Å²) >= 11 is 0. The maximum Gasteiger partial charge on any atom is 0.243 e. The van der Waals surface area contributed by atoms with Gasteiger partial charge in [0.2, 0.25) is 11.7 Å². The molecule has 120 valence electrons. The lowest BCUT2D eigenvalue weighted by Crippen LogP contribution is -2.33. The quantitative estimate of drug-likeness (QED) is 0.743. The van der Waals surface area contributed by atoms with E-state index in [0.717, 1.165) is 38.5 Å². The van der Waals surface area contributed by atoms with Gasteiger partial charge in [0.1, 0.15) is 5.60 Å². The molecule has 1 aliphatic rings. The molecule has 2 N–H and O–H groups in total. The molecule has 1 aromatic heterocycles. The third kappa shape index (κ3) is 4.02. The van der Waals surface area contributed by atoms with Crippen LogP contribution in [-0.4, -0.2) is 30.5 Å². The van der Waals surface area contributed by atoms with Crippen molar-refractivity contribution in [3.8, 4) is 0 Å². The minimum absolute atomic E-state index is 0.233. The van der Waals surface area contributed by atoms with Gasteiger partial charge >= 0.3 is 0 Å². The Balaban J connectivity index is 2.05. The Kier molecular flexibility index (Phi) is 6.14. The van der Waals surface area contributed by atoms with Gasteiger partial charge in [0.25, 0.3) is 0 Å². The maximum absolute atomic E-state index is 6.10. The van der Waals surface area contributed by atoms with E-state index < -0.39 is 0 Å². The van der Waals surface area contributed by atoms with Gasteiger partial charge in [0.05, 0.1) is 6.04 Å². The molecule has 0 spiro atoms. The second-order valence-corrected chi connectivity index (χ2v) is 5.69. The molecule has 0 radical (unpaired) electrons. The van der Waals surface area contributed by atoms with Crippen molar-refractivity contribution in [3.63, 3.8) is 0 Å². The third-order valence-corrected chi connectivity index (χ3v) is 4.11. The minimum atomic E-state index is -0.374. The van der Waals surface area contributed by atoms with E-state index in [1.165, 1.54) is 6.42 Å². The lowest BCUT2D eigenvalue weighted by Gasteiger charge is -2.33. The molecule has 1 saturated carbocycles. The summed E-state index contributed by atoms with van der Waals surface area (Å²) < 4.78 is 16.4. The van der Waals surface area contributed by atoms with Crippen LogP contribution in [0.5, 0.6) is 0 Å². The molecule has 1 aromatic rings. The summed E-state index contributed by atoms with van der Waals surface area (Å²) in [5, 5.41) is 4.16. The first kappa shape index (κ1) is 16.4. The first-order chi connectivity index (χ1) is 10.2. The van der Waals surface area contributed by atoms with Crippen molar-refractivity contribution in [2.75, 3.05) is 20.3 Å². The van der Waals surface area contributed by atoms with E-state index in [1.807, 2.05) is 6.92 Å². The SMILES string of the molecule is CCOC1(c2noc(C(N)CCCOC)n2)CCCCC1. The molecule has 0 bridgehead atoms. The van der Waals surface area contributed by atoms with Crippen molar-refractivity contribution in [2.45, 2.75) is 63.5 Å². The first-order valence-electron chi connectivity index (χ1n) is 7.94. The average Bonchev–Trinajstić information content (AvgIpc) is 2.99. The second-order valence-electron chi connectivity index (χ2n) is 5.69. The van der Waals surface area contributed by atoms with Gasteiger partial charge in [0.15, 0.2) is 0 Å². The number of methoxy groups -OCH3 is 1. The molecule has 6 nitrogen and oxygen atoms in total. The zero-order chi connectivity index (χ0) is 15.1. The Morgan fingerprint density at radius 1 is 1.33 bits per heavy atom. The number of hydrogen-bond donors (Lipinski definition) is 1. The van der Waals surface area contributed by atoms with E-state index in [-0.39, 0.29) is 11.6 Å². The van der Waals surface area contributed by atoms with Crippen LogP contribution in [0.4, 0.5) is 0 Å². The van der Waals surface area contributed by atoms with E-state index in [1.54, 1.807) is 7.11 Å². The van der Waals surface area contributed by atoms with Crippen LogP contribution < -0.4 is 5.73 Å². The summed E-state index contributed by atoms with van der Waals surface area (Å²) in [6, 6.07) is -0.233. The second kappa shape index (κ2) is 7.87. The Morgan fingerprint density at radius 3 is 2.76 bits per heavy atom. The standard InChI is InChI=1S/C15H27N3O3/c1-3-20-15(9-5-4-6-10-15)14-17-13(21-18-14)12(16)8-7-11-19-2/h12H,3-11,16H2,1-2H3. The Labute approximate surface area is 126 Å². The van der Waals surface area contributed by atoms with E-state index >= 15 is 0 Å².